The van der Waals surface area contributed by atoms with Crippen LogP contribution in [0, 0.1) is 13.8 Å². The van der Waals surface area contributed by atoms with Crippen molar-refractivity contribution in [2.75, 3.05) is 24.5 Å². The molecule has 1 saturated heterocycles. The molecule has 8 nitrogen and oxygen atoms in total. The van der Waals surface area contributed by atoms with E-state index in [4.69, 9.17) is 4.98 Å². The first-order chi connectivity index (χ1) is 16.4. The maximum absolute atomic E-state index is 13.7. The van der Waals surface area contributed by atoms with Crippen LogP contribution in [0.15, 0.2) is 59.7 Å². The van der Waals surface area contributed by atoms with Crippen LogP contribution in [0.1, 0.15) is 34.8 Å². The number of aromatic nitrogens is 4. The Morgan fingerprint density at radius 3 is 2.74 bits per heavy atom. The lowest BCUT2D eigenvalue weighted by atomic mass is 10.1. The van der Waals surface area contributed by atoms with Gasteiger partial charge >= 0.3 is 0 Å². The fourth-order valence-electron chi connectivity index (χ4n) is 4.66. The fourth-order valence-corrected chi connectivity index (χ4v) is 4.66. The molecule has 0 spiro atoms. The summed E-state index contributed by atoms with van der Waals surface area (Å²) >= 11 is 0. The average molecular weight is 457 g/mol. The number of aromatic amines is 1. The van der Waals surface area contributed by atoms with Crippen molar-refractivity contribution in [1.82, 2.24) is 24.6 Å². The number of carbonyl (C=O) groups excluding carboxylic acids is 1. The van der Waals surface area contributed by atoms with Gasteiger partial charge in [0.05, 0.1) is 22.2 Å². The molecular formula is C26H28N6O2. The molecule has 0 radical (unpaired) electrons. The summed E-state index contributed by atoms with van der Waals surface area (Å²) in [6, 6.07) is 13.4. The molecule has 1 aliphatic rings. The third-order valence-corrected chi connectivity index (χ3v) is 6.58. The number of aryl methyl sites for hydroxylation is 2. The molecule has 0 bridgehead atoms. The largest absolute Gasteiger partial charge is 0.340 e. The van der Waals surface area contributed by atoms with E-state index in [0.29, 0.717) is 42.0 Å². The first-order valence-electron chi connectivity index (χ1n) is 11.6. The second kappa shape index (κ2) is 8.78. The summed E-state index contributed by atoms with van der Waals surface area (Å²) in [5.74, 6) is 0.538. The third kappa shape index (κ3) is 3.96. The number of nitrogens with one attached hydrogen (secondary N) is 1. The minimum Gasteiger partial charge on any atom is -0.340 e. The summed E-state index contributed by atoms with van der Waals surface area (Å²) in [5.41, 5.74) is 3.89. The van der Waals surface area contributed by atoms with Crippen molar-refractivity contribution in [3.8, 4) is 5.69 Å². The summed E-state index contributed by atoms with van der Waals surface area (Å²) in [6.07, 6.45) is 4.32. The van der Waals surface area contributed by atoms with Gasteiger partial charge in [-0.25, -0.2) is 9.67 Å². The summed E-state index contributed by atoms with van der Waals surface area (Å²) in [7, 11) is 0. The van der Waals surface area contributed by atoms with Gasteiger partial charge < -0.3 is 9.80 Å². The number of rotatable bonds is 3. The molecule has 1 unspecified atom stereocenters. The molecule has 2 aromatic carbocycles. The van der Waals surface area contributed by atoms with Gasteiger partial charge in [-0.2, -0.15) is 5.10 Å². The van der Waals surface area contributed by atoms with Crippen LogP contribution in [0.2, 0.25) is 0 Å². The van der Waals surface area contributed by atoms with E-state index < -0.39 is 0 Å². The van der Waals surface area contributed by atoms with Crippen molar-refractivity contribution in [3.63, 3.8) is 0 Å². The van der Waals surface area contributed by atoms with Gasteiger partial charge in [0.15, 0.2) is 0 Å². The Bertz CT molecular complexity index is 1410. The summed E-state index contributed by atoms with van der Waals surface area (Å²) in [5, 5.41) is 4.95. The molecule has 1 aliphatic heterocycles. The number of carbonyl (C=O) groups is 1. The van der Waals surface area contributed by atoms with Gasteiger partial charge in [-0.15, -0.1) is 0 Å². The van der Waals surface area contributed by atoms with E-state index in [1.54, 1.807) is 10.9 Å². The van der Waals surface area contributed by atoms with Crippen LogP contribution in [-0.4, -0.2) is 56.2 Å². The average Bonchev–Trinajstić information content (AvgIpc) is 3.28. The highest BCUT2D eigenvalue weighted by Gasteiger charge is 2.28. The monoisotopic (exact) mass is 456 g/mol. The first-order valence-corrected chi connectivity index (χ1v) is 11.6. The van der Waals surface area contributed by atoms with Crippen LogP contribution in [0.5, 0.6) is 0 Å². The molecule has 3 heterocycles. The van der Waals surface area contributed by atoms with Crippen molar-refractivity contribution in [2.45, 2.75) is 33.2 Å². The number of anilines is 1. The zero-order valence-electron chi connectivity index (χ0n) is 19.7. The van der Waals surface area contributed by atoms with Gasteiger partial charge in [-0.1, -0.05) is 23.8 Å². The normalized spacial score (nSPS) is 16.6. The first kappa shape index (κ1) is 21.9. The van der Waals surface area contributed by atoms with Crippen LogP contribution in [-0.2, 0) is 0 Å². The van der Waals surface area contributed by atoms with E-state index in [9.17, 15) is 9.59 Å². The standard InChI is InChI=1S/C26H28N6O2/c1-17-8-9-22(32-12-5-11-27-32)20(16-17)25(34)31-15-14-30(13-10-19(31)3)26-28-21-7-4-6-18(2)23(21)24(33)29-26/h4-9,11-12,16,19H,10,13-15H2,1-3H3,(H,28,29,33). The number of nitrogens with zero attached hydrogens (tertiary/aromatic N) is 5. The van der Waals surface area contributed by atoms with E-state index in [-0.39, 0.29) is 17.5 Å². The van der Waals surface area contributed by atoms with Gasteiger partial charge in [0.25, 0.3) is 11.5 Å². The molecule has 34 heavy (non-hydrogen) atoms. The molecular weight excluding hydrogens is 428 g/mol. The minimum atomic E-state index is -0.132. The predicted octanol–water partition coefficient (Wildman–Crippen LogP) is 3.47. The Balaban J connectivity index is 1.43. The molecule has 4 aromatic rings. The topological polar surface area (TPSA) is 87.1 Å². The highest BCUT2D eigenvalue weighted by Crippen LogP contribution is 2.23. The highest BCUT2D eigenvalue weighted by molar-refractivity contribution is 5.98. The number of amides is 1. The van der Waals surface area contributed by atoms with Crippen LogP contribution < -0.4 is 10.5 Å². The number of benzene rings is 2. The van der Waals surface area contributed by atoms with E-state index in [1.807, 2.05) is 67.4 Å². The molecule has 2 aromatic heterocycles. The minimum absolute atomic E-state index is 0.0147. The molecule has 0 aliphatic carbocycles. The van der Waals surface area contributed by atoms with E-state index in [0.717, 1.165) is 23.2 Å². The summed E-state index contributed by atoms with van der Waals surface area (Å²) in [4.78, 5) is 38.2. The van der Waals surface area contributed by atoms with Gasteiger partial charge in [0.2, 0.25) is 5.95 Å². The van der Waals surface area contributed by atoms with Crippen LogP contribution >= 0.6 is 0 Å². The maximum Gasteiger partial charge on any atom is 0.260 e. The summed E-state index contributed by atoms with van der Waals surface area (Å²) < 4.78 is 1.73. The molecule has 1 amide bonds. The Morgan fingerprint density at radius 2 is 1.94 bits per heavy atom. The van der Waals surface area contributed by atoms with Crippen molar-refractivity contribution in [3.05, 3.63) is 81.9 Å². The quantitative estimate of drug-likeness (QED) is 0.510. The number of hydrogen-bond acceptors (Lipinski definition) is 5. The molecule has 0 saturated carbocycles. The van der Waals surface area contributed by atoms with Gasteiger partial charge in [0.1, 0.15) is 0 Å². The van der Waals surface area contributed by atoms with Gasteiger partial charge in [-0.05, 0) is 57.0 Å². The van der Waals surface area contributed by atoms with Crippen LogP contribution in [0.3, 0.4) is 0 Å². The molecule has 8 heteroatoms. The van der Waals surface area contributed by atoms with Crippen molar-refractivity contribution >= 4 is 22.8 Å². The van der Waals surface area contributed by atoms with E-state index in [1.165, 1.54) is 0 Å². The second-order valence-corrected chi connectivity index (χ2v) is 8.95. The number of H-pyrrole nitrogens is 1. The third-order valence-electron chi connectivity index (χ3n) is 6.58. The lowest BCUT2D eigenvalue weighted by Crippen LogP contribution is -2.40. The smallest absolute Gasteiger partial charge is 0.260 e. The van der Waals surface area contributed by atoms with Crippen LogP contribution in [0.25, 0.3) is 16.6 Å². The molecule has 174 valence electrons. The van der Waals surface area contributed by atoms with Crippen molar-refractivity contribution in [1.29, 1.82) is 0 Å². The number of fused-ring (bicyclic) bond motifs is 1. The molecule has 1 fully saturated rings. The predicted molar refractivity (Wildman–Crippen MR) is 133 cm³/mol. The molecule has 5 rings (SSSR count). The van der Waals surface area contributed by atoms with E-state index in [2.05, 4.69) is 21.9 Å². The highest BCUT2D eigenvalue weighted by atomic mass is 16.2. The van der Waals surface area contributed by atoms with Crippen molar-refractivity contribution in [2.24, 2.45) is 0 Å². The Morgan fingerprint density at radius 1 is 1.09 bits per heavy atom. The Kier molecular flexibility index (Phi) is 5.65. The van der Waals surface area contributed by atoms with E-state index >= 15 is 0 Å². The van der Waals surface area contributed by atoms with Crippen molar-refractivity contribution < 1.29 is 4.79 Å². The Labute approximate surface area is 197 Å². The zero-order chi connectivity index (χ0) is 23.8. The lowest BCUT2D eigenvalue weighted by molar-refractivity contribution is 0.0705. The fraction of sp³-hybridized carbons (Fsp3) is 0.308. The SMILES string of the molecule is Cc1ccc(-n2cccn2)c(C(=O)N2CCN(c3nc4cccc(C)c4c(=O)[nH]3)CCC2C)c1. The van der Waals surface area contributed by atoms with Gasteiger partial charge in [0, 0.05) is 38.1 Å². The zero-order valence-corrected chi connectivity index (χ0v) is 19.7. The van der Waals surface area contributed by atoms with Gasteiger partial charge in [-0.3, -0.25) is 14.6 Å². The second-order valence-electron chi connectivity index (χ2n) is 8.95. The maximum atomic E-state index is 13.7. The molecule has 1 N–H and O–H groups in total. The Hall–Kier alpha value is -3.94. The lowest BCUT2D eigenvalue weighted by Gasteiger charge is -2.28. The number of hydrogen-bond donors (Lipinski definition) is 1. The summed E-state index contributed by atoms with van der Waals surface area (Å²) in [6.45, 7) is 7.79. The molecule has 1 atom stereocenters. The van der Waals surface area contributed by atoms with Crippen LogP contribution in [0.4, 0.5) is 5.95 Å².